The van der Waals surface area contributed by atoms with E-state index >= 15 is 0 Å². The largest absolute Gasteiger partial charge is 0.508 e. The van der Waals surface area contributed by atoms with Gasteiger partial charge in [-0.25, -0.2) is 4.68 Å². The van der Waals surface area contributed by atoms with Crippen molar-refractivity contribution >= 4 is 0 Å². The van der Waals surface area contributed by atoms with Crippen molar-refractivity contribution in [2.24, 2.45) is 5.73 Å². The number of rotatable bonds is 2. The van der Waals surface area contributed by atoms with E-state index < -0.39 is 0 Å². The standard InChI is InChI=1S/C12H14N4O/c13-5-11-10-6-14-7-12(10)16(15-11)8-1-3-9(17)4-2-8/h1-4,14,17H,5-7,13H2. The van der Waals surface area contributed by atoms with Crippen LogP contribution in [0.15, 0.2) is 24.3 Å². The summed E-state index contributed by atoms with van der Waals surface area (Å²) >= 11 is 0. The Morgan fingerprint density at radius 2 is 2.06 bits per heavy atom. The highest BCUT2D eigenvalue weighted by Crippen LogP contribution is 2.23. The van der Waals surface area contributed by atoms with Crippen LogP contribution >= 0.6 is 0 Å². The number of phenols is 1. The molecule has 0 unspecified atom stereocenters. The molecule has 0 radical (unpaired) electrons. The maximum absolute atomic E-state index is 9.29. The van der Waals surface area contributed by atoms with E-state index in [0.29, 0.717) is 6.54 Å². The van der Waals surface area contributed by atoms with Gasteiger partial charge in [0.1, 0.15) is 5.75 Å². The van der Waals surface area contributed by atoms with Crippen molar-refractivity contribution in [2.75, 3.05) is 0 Å². The number of nitrogens with zero attached hydrogens (tertiary/aromatic N) is 2. The van der Waals surface area contributed by atoms with Crippen LogP contribution in [-0.4, -0.2) is 14.9 Å². The maximum Gasteiger partial charge on any atom is 0.115 e. The van der Waals surface area contributed by atoms with E-state index in [9.17, 15) is 5.11 Å². The Morgan fingerprint density at radius 3 is 2.76 bits per heavy atom. The van der Waals surface area contributed by atoms with Crippen LogP contribution in [0.2, 0.25) is 0 Å². The fourth-order valence-electron chi connectivity index (χ4n) is 2.20. The molecule has 1 aromatic carbocycles. The van der Waals surface area contributed by atoms with Crippen molar-refractivity contribution in [3.63, 3.8) is 0 Å². The van der Waals surface area contributed by atoms with Gasteiger partial charge in [-0.1, -0.05) is 0 Å². The zero-order valence-corrected chi connectivity index (χ0v) is 9.35. The number of phenolic OH excluding ortho intramolecular Hbond substituents is 1. The van der Waals surface area contributed by atoms with Crippen LogP contribution in [0.4, 0.5) is 0 Å². The van der Waals surface area contributed by atoms with Crippen molar-refractivity contribution in [1.29, 1.82) is 0 Å². The number of hydrogen-bond acceptors (Lipinski definition) is 4. The predicted octanol–water partition coefficient (Wildman–Crippen LogP) is 0.640. The third-order valence-electron chi connectivity index (χ3n) is 3.05. The number of benzene rings is 1. The van der Waals surface area contributed by atoms with E-state index in [0.717, 1.165) is 30.2 Å². The number of fused-ring (bicyclic) bond motifs is 1. The SMILES string of the molecule is NCc1nn(-c2ccc(O)cc2)c2c1CNC2. The minimum absolute atomic E-state index is 0.259. The van der Waals surface area contributed by atoms with Gasteiger partial charge in [0, 0.05) is 25.2 Å². The normalized spacial score (nSPS) is 13.9. The van der Waals surface area contributed by atoms with E-state index in [1.165, 1.54) is 5.56 Å². The van der Waals surface area contributed by atoms with Gasteiger partial charge in [-0.05, 0) is 24.3 Å². The molecule has 2 aromatic rings. The number of aromatic hydroxyl groups is 1. The molecule has 0 atom stereocenters. The van der Waals surface area contributed by atoms with Crippen LogP contribution in [0.5, 0.6) is 5.75 Å². The third kappa shape index (κ3) is 1.60. The fraction of sp³-hybridized carbons (Fsp3) is 0.250. The van der Waals surface area contributed by atoms with Gasteiger partial charge < -0.3 is 16.2 Å². The average Bonchev–Trinajstić information content (AvgIpc) is 2.91. The summed E-state index contributed by atoms with van der Waals surface area (Å²) in [5, 5.41) is 17.1. The molecule has 0 aliphatic carbocycles. The molecule has 5 nitrogen and oxygen atoms in total. The first kappa shape index (κ1) is 10.3. The monoisotopic (exact) mass is 230 g/mol. The first-order valence-electron chi connectivity index (χ1n) is 5.59. The molecule has 1 aromatic heterocycles. The molecule has 4 N–H and O–H groups in total. The van der Waals surface area contributed by atoms with Gasteiger partial charge in [0.05, 0.1) is 17.1 Å². The molecule has 1 aliphatic rings. The van der Waals surface area contributed by atoms with Crippen molar-refractivity contribution in [3.05, 3.63) is 41.2 Å². The van der Waals surface area contributed by atoms with Gasteiger partial charge in [0.15, 0.2) is 0 Å². The smallest absolute Gasteiger partial charge is 0.115 e. The Kier molecular flexibility index (Phi) is 2.35. The summed E-state index contributed by atoms with van der Waals surface area (Å²) in [6.45, 7) is 2.10. The summed E-state index contributed by atoms with van der Waals surface area (Å²) in [6.07, 6.45) is 0. The van der Waals surface area contributed by atoms with E-state index in [2.05, 4.69) is 10.4 Å². The predicted molar refractivity (Wildman–Crippen MR) is 63.7 cm³/mol. The molecule has 0 saturated carbocycles. The fourth-order valence-corrected chi connectivity index (χ4v) is 2.20. The van der Waals surface area contributed by atoms with Crippen LogP contribution in [0, 0.1) is 0 Å². The Hall–Kier alpha value is -1.85. The van der Waals surface area contributed by atoms with Crippen LogP contribution in [-0.2, 0) is 19.6 Å². The number of nitrogens with two attached hydrogens (primary N) is 1. The van der Waals surface area contributed by atoms with E-state index in [-0.39, 0.29) is 5.75 Å². The zero-order valence-electron chi connectivity index (χ0n) is 9.35. The van der Waals surface area contributed by atoms with Gasteiger partial charge in [-0.3, -0.25) is 0 Å². The first-order valence-corrected chi connectivity index (χ1v) is 5.59. The lowest BCUT2D eigenvalue weighted by molar-refractivity contribution is 0.475. The number of hydrogen-bond donors (Lipinski definition) is 3. The molecule has 17 heavy (non-hydrogen) atoms. The van der Waals surface area contributed by atoms with E-state index in [1.54, 1.807) is 12.1 Å². The second-order valence-corrected chi connectivity index (χ2v) is 4.11. The average molecular weight is 230 g/mol. The summed E-state index contributed by atoms with van der Waals surface area (Å²) in [4.78, 5) is 0. The summed E-state index contributed by atoms with van der Waals surface area (Å²) < 4.78 is 1.90. The molecule has 88 valence electrons. The van der Waals surface area contributed by atoms with Crippen molar-refractivity contribution in [1.82, 2.24) is 15.1 Å². The van der Waals surface area contributed by atoms with Crippen molar-refractivity contribution in [2.45, 2.75) is 19.6 Å². The van der Waals surface area contributed by atoms with Gasteiger partial charge in [-0.2, -0.15) is 5.10 Å². The van der Waals surface area contributed by atoms with Crippen LogP contribution in [0.1, 0.15) is 17.0 Å². The third-order valence-corrected chi connectivity index (χ3v) is 3.05. The highest BCUT2D eigenvalue weighted by Gasteiger charge is 2.21. The van der Waals surface area contributed by atoms with Crippen LogP contribution in [0.25, 0.3) is 5.69 Å². The number of nitrogens with one attached hydrogen (secondary N) is 1. The molecule has 2 heterocycles. The molecule has 0 spiro atoms. The van der Waals surface area contributed by atoms with Crippen molar-refractivity contribution in [3.8, 4) is 11.4 Å². The topological polar surface area (TPSA) is 76.1 Å². The molecule has 1 aliphatic heterocycles. The molecule has 0 saturated heterocycles. The summed E-state index contributed by atoms with van der Waals surface area (Å²) in [5.74, 6) is 0.259. The van der Waals surface area contributed by atoms with Crippen LogP contribution < -0.4 is 11.1 Å². The van der Waals surface area contributed by atoms with Gasteiger partial charge in [-0.15, -0.1) is 0 Å². The van der Waals surface area contributed by atoms with Gasteiger partial charge in [0.2, 0.25) is 0 Å². The molecular weight excluding hydrogens is 216 g/mol. The second kappa shape index (κ2) is 3.87. The molecule has 3 rings (SSSR count). The lowest BCUT2D eigenvalue weighted by Gasteiger charge is -2.05. The molecule has 0 bridgehead atoms. The Bertz CT molecular complexity index is 544. The second-order valence-electron chi connectivity index (χ2n) is 4.11. The van der Waals surface area contributed by atoms with Crippen molar-refractivity contribution < 1.29 is 5.11 Å². The summed E-state index contributed by atoms with van der Waals surface area (Å²) in [5.41, 5.74) is 9.96. The summed E-state index contributed by atoms with van der Waals surface area (Å²) in [7, 11) is 0. The van der Waals surface area contributed by atoms with Gasteiger partial charge >= 0.3 is 0 Å². The zero-order chi connectivity index (χ0) is 11.8. The molecule has 0 fully saturated rings. The van der Waals surface area contributed by atoms with Crippen LogP contribution in [0.3, 0.4) is 0 Å². The minimum atomic E-state index is 0.259. The maximum atomic E-state index is 9.29. The quantitative estimate of drug-likeness (QED) is 0.707. The van der Waals surface area contributed by atoms with E-state index in [4.69, 9.17) is 5.73 Å². The molecular formula is C12H14N4O. The highest BCUT2D eigenvalue weighted by molar-refractivity contribution is 5.41. The highest BCUT2D eigenvalue weighted by atomic mass is 16.3. The Labute approximate surface area is 98.9 Å². The minimum Gasteiger partial charge on any atom is -0.508 e. The lowest BCUT2D eigenvalue weighted by atomic mass is 10.2. The number of aromatic nitrogens is 2. The Balaban J connectivity index is 2.12. The summed E-state index contributed by atoms with van der Waals surface area (Å²) in [6, 6.07) is 7.02. The first-order chi connectivity index (χ1) is 8.29. The molecule has 5 heteroatoms. The Morgan fingerprint density at radius 1 is 1.29 bits per heavy atom. The lowest BCUT2D eigenvalue weighted by Crippen LogP contribution is -2.09. The molecule has 0 amide bonds. The van der Waals surface area contributed by atoms with Gasteiger partial charge in [0.25, 0.3) is 0 Å². The van der Waals surface area contributed by atoms with E-state index in [1.807, 2.05) is 16.8 Å².